The number of hydrogen-bond acceptors (Lipinski definition) is 4. The number of nitrogens with one attached hydrogen (secondary N) is 3. The monoisotopic (exact) mass is 350 g/mol. The molecule has 0 aliphatic rings. The first-order valence-electron chi connectivity index (χ1n) is 8.38. The lowest BCUT2D eigenvalue weighted by atomic mass is 10.1. The number of anilines is 3. The molecule has 0 spiro atoms. The van der Waals surface area contributed by atoms with Crippen LogP contribution >= 0.6 is 0 Å². The summed E-state index contributed by atoms with van der Waals surface area (Å²) in [5.41, 5.74) is 2.81. The number of hydrogen-bond donors (Lipinski definition) is 3. The molecule has 0 saturated carbocycles. The summed E-state index contributed by atoms with van der Waals surface area (Å²) in [4.78, 5) is 16.7. The molecule has 0 bridgehead atoms. The van der Waals surface area contributed by atoms with E-state index >= 15 is 0 Å². The third-order valence-corrected chi connectivity index (χ3v) is 3.90. The zero-order valence-electron chi connectivity index (χ0n) is 15.0. The number of carbonyl (C=O) groups is 1. The molecular weight excluding hydrogens is 328 g/mol. The maximum atomic E-state index is 12.3. The number of para-hydroxylation sites is 1. The predicted octanol–water partition coefficient (Wildman–Crippen LogP) is 3.75. The number of benzene rings is 1. The highest BCUT2D eigenvalue weighted by molar-refractivity contribution is 5.88. The van der Waals surface area contributed by atoms with E-state index in [1.165, 1.54) is 0 Å². The number of nitrogens with zero attached hydrogens (tertiary/aromatic N) is 3. The summed E-state index contributed by atoms with van der Waals surface area (Å²) in [6, 6.07) is 14.7. The highest BCUT2D eigenvalue weighted by Gasteiger charge is 2.14. The Morgan fingerprint density at radius 3 is 2.50 bits per heavy atom. The van der Waals surface area contributed by atoms with Gasteiger partial charge in [-0.05, 0) is 38.1 Å². The van der Waals surface area contributed by atoms with Crippen LogP contribution < -0.4 is 16.0 Å². The van der Waals surface area contributed by atoms with Crippen LogP contribution in [-0.4, -0.2) is 20.8 Å². The second-order valence-corrected chi connectivity index (χ2v) is 6.06. The molecule has 2 aromatic heterocycles. The van der Waals surface area contributed by atoms with Gasteiger partial charge in [0.2, 0.25) is 0 Å². The van der Waals surface area contributed by atoms with Crippen LogP contribution in [0.1, 0.15) is 24.2 Å². The average molecular weight is 350 g/mol. The summed E-state index contributed by atoms with van der Waals surface area (Å²) in [5.74, 6) is 1.13. The predicted molar refractivity (Wildman–Crippen MR) is 102 cm³/mol. The van der Waals surface area contributed by atoms with Crippen molar-refractivity contribution < 1.29 is 4.79 Å². The van der Waals surface area contributed by atoms with Gasteiger partial charge in [-0.3, -0.25) is 10.00 Å². The molecule has 2 heterocycles. The van der Waals surface area contributed by atoms with Gasteiger partial charge < -0.3 is 10.6 Å². The molecule has 0 fully saturated rings. The molecule has 26 heavy (non-hydrogen) atoms. The van der Waals surface area contributed by atoms with Gasteiger partial charge in [-0.15, -0.1) is 0 Å². The van der Waals surface area contributed by atoms with E-state index in [9.17, 15) is 4.79 Å². The third-order valence-electron chi connectivity index (χ3n) is 3.90. The van der Waals surface area contributed by atoms with Crippen LogP contribution in [-0.2, 0) is 7.05 Å². The Hall–Kier alpha value is -3.35. The fourth-order valence-corrected chi connectivity index (χ4v) is 2.71. The number of urea groups is 1. The Bertz CT molecular complexity index is 890. The largest absolute Gasteiger partial charge is 0.340 e. The van der Waals surface area contributed by atoms with Crippen LogP contribution in [0, 0.1) is 6.92 Å². The Kier molecular flexibility index (Phi) is 5.17. The zero-order valence-corrected chi connectivity index (χ0v) is 15.0. The first-order chi connectivity index (χ1) is 12.5. The number of pyridine rings is 1. The SMILES string of the molecule is Cc1nn(C)cc1C(C)NC(=O)Nc1cccc(Nc2ccccc2)n1. The molecule has 7 heteroatoms. The standard InChI is InChI=1S/C19H22N6O/c1-13(16-12-25(3)24-14(16)2)20-19(26)23-18-11-7-10-17(22-18)21-15-8-5-4-6-9-15/h4-13H,1-3H3,(H3,20,21,22,23,26). The van der Waals surface area contributed by atoms with Gasteiger partial charge >= 0.3 is 6.03 Å². The molecule has 0 aliphatic heterocycles. The molecule has 134 valence electrons. The van der Waals surface area contributed by atoms with Gasteiger partial charge in [0.25, 0.3) is 0 Å². The highest BCUT2D eigenvalue weighted by atomic mass is 16.2. The fourth-order valence-electron chi connectivity index (χ4n) is 2.71. The van der Waals surface area contributed by atoms with Crippen LogP contribution in [0.2, 0.25) is 0 Å². The topological polar surface area (TPSA) is 83.9 Å². The minimum atomic E-state index is -0.315. The highest BCUT2D eigenvalue weighted by Crippen LogP contribution is 2.17. The Labute approximate surface area is 152 Å². The second kappa shape index (κ2) is 7.69. The van der Waals surface area contributed by atoms with Crippen LogP contribution in [0.25, 0.3) is 0 Å². The summed E-state index contributed by atoms with van der Waals surface area (Å²) in [5, 5.41) is 13.2. The van der Waals surface area contributed by atoms with Crippen molar-refractivity contribution in [1.29, 1.82) is 0 Å². The second-order valence-electron chi connectivity index (χ2n) is 6.06. The van der Waals surface area contributed by atoms with E-state index in [4.69, 9.17) is 0 Å². The number of rotatable bonds is 5. The van der Waals surface area contributed by atoms with Gasteiger partial charge in [-0.1, -0.05) is 24.3 Å². The van der Waals surface area contributed by atoms with E-state index in [0.29, 0.717) is 11.6 Å². The van der Waals surface area contributed by atoms with Crippen molar-refractivity contribution in [2.45, 2.75) is 19.9 Å². The zero-order chi connectivity index (χ0) is 18.5. The van der Waals surface area contributed by atoms with Crippen LogP contribution in [0.4, 0.5) is 22.1 Å². The maximum absolute atomic E-state index is 12.3. The lowest BCUT2D eigenvalue weighted by Crippen LogP contribution is -2.31. The van der Waals surface area contributed by atoms with Gasteiger partial charge in [-0.2, -0.15) is 5.10 Å². The summed E-state index contributed by atoms with van der Waals surface area (Å²) in [7, 11) is 1.86. The quantitative estimate of drug-likeness (QED) is 0.654. The van der Waals surface area contributed by atoms with E-state index in [1.807, 2.05) is 69.6 Å². The first kappa shape index (κ1) is 17.5. The lowest BCUT2D eigenvalue weighted by molar-refractivity contribution is 0.249. The molecule has 1 atom stereocenters. The summed E-state index contributed by atoms with van der Waals surface area (Å²) in [6.07, 6.45) is 1.91. The average Bonchev–Trinajstić information content (AvgIpc) is 2.94. The molecule has 0 radical (unpaired) electrons. The fraction of sp³-hybridized carbons (Fsp3) is 0.211. The van der Waals surface area contributed by atoms with E-state index in [-0.39, 0.29) is 12.1 Å². The molecule has 3 rings (SSSR count). The number of aromatic nitrogens is 3. The van der Waals surface area contributed by atoms with Crippen LogP contribution in [0.15, 0.2) is 54.7 Å². The molecule has 7 nitrogen and oxygen atoms in total. The van der Waals surface area contributed by atoms with Crippen LogP contribution in [0.5, 0.6) is 0 Å². The molecule has 3 aromatic rings. The summed E-state index contributed by atoms with van der Waals surface area (Å²) >= 11 is 0. The van der Waals surface area contributed by atoms with Crippen molar-refractivity contribution >= 4 is 23.4 Å². The molecular formula is C19H22N6O. The van der Waals surface area contributed by atoms with Crippen molar-refractivity contribution in [3.63, 3.8) is 0 Å². The Balaban J connectivity index is 1.62. The lowest BCUT2D eigenvalue weighted by Gasteiger charge is -2.14. The molecule has 1 aromatic carbocycles. The third kappa shape index (κ3) is 4.38. The number of aryl methyl sites for hydroxylation is 2. The van der Waals surface area contributed by atoms with Crippen molar-refractivity contribution in [2.75, 3.05) is 10.6 Å². The van der Waals surface area contributed by atoms with Crippen LogP contribution in [0.3, 0.4) is 0 Å². The summed E-state index contributed by atoms with van der Waals surface area (Å²) < 4.78 is 1.74. The summed E-state index contributed by atoms with van der Waals surface area (Å²) in [6.45, 7) is 3.84. The van der Waals surface area contributed by atoms with Gasteiger partial charge in [0.15, 0.2) is 0 Å². The van der Waals surface area contributed by atoms with Crippen molar-refractivity contribution in [1.82, 2.24) is 20.1 Å². The smallest absolute Gasteiger partial charge is 0.320 e. The van der Waals surface area contributed by atoms with E-state index < -0.39 is 0 Å². The normalized spacial score (nSPS) is 11.7. The number of amides is 2. The van der Waals surface area contributed by atoms with E-state index in [1.54, 1.807) is 10.7 Å². The van der Waals surface area contributed by atoms with Crippen molar-refractivity contribution in [2.24, 2.45) is 7.05 Å². The van der Waals surface area contributed by atoms with Gasteiger partial charge in [0, 0.05) is 24.5 Å². The molecule has 0 aliphatic carbocycles. The maximum Gasteiger partial charge on any atom is 0.320 e. The minimum absolute atomic E-state index is 0.158. The molecule has 0 saturated heterocycles. The Morgan fingerprint density at radius 1 is 1.08 bits per heavy atom. The first-order valence-corrected chi connectivity index (χ1v) is 8.38. The van der Waals surface area contributed by atoms with Crippen molar-refractivity contribution in [3.05, 3.63) is 66.0 Å². The Morgan fingerprint density at radius 2 is 1.81 bits per heavy atom. The van der Waals surface area contributed by atoms with E-state index in [2.05, 4.69) is 26.0 Å². The minimum Gasteiger partial charge on any atom is -0.340 e. The van der Waals surface area contributed by atoms with Crippen molar-refractivity contribution in [3.8, 4) is 0 Å². The van der Waals surface area contributed by atoms with E-state index in [0.717, 1.165) is 16.9 Å². The van der Waals surface area contributed by atoms with Gasteiger partial charge in [0.05, 0.1) is 11.7 Å². The van der Waals surface area contributed by atoms with Gasteiger partial charge in [0.1, 0.15) is 11.6 Å². The molecule has 3 N–H and O–H groups in total. The van der Waals surface area contributed by atoms with Gasteiger partial charge in [-0.25, -0.2) is 9.78 Å². The number of carbonyl (C=O) groups excluding carboxylic acids is 1. The molecule has 1 unspecified atom stereocenters. The molecule has 2 amide bonds.